The number of ether oxygens (including phenoxy) is 1. The maximum Gasteiger partial charge on any atom is 0.258 e. The summed E-state index contributed by atoms with van der Waals surface area (Å²) in [6, 6.07) is 5.39. The molecule has 0 aliphatic carbocycles. The zero-order chi connectivity index (χ0) is 16.9. The van der Waals surface area contributed by atoms with Crippen LogP contribution in [-0.4, -0.2) is 42.6 Å². The van der Waals surface area contributed by atoms with E-state index >= 15 is 0 Å². The van der Waals surface area contributed by atoms with E-state index in [-0.39, 0.29) is 18.1 Å². The van der Waals surface area contributed by atoms with E-state index in [1.54, 1.807) is 12.1 Å². The van der Waals surface area contributed by atoms with Gasteiger partial charge in [-0.25, -0.2) is 0 Å². The van der Waals surface area contributed by atoms with E-state index in [0.29, 0.717) is 17.3 Å². The number of nitrogens with zero attached hydrogens (tertiary/aromatic N) is 1. The summed E-state index contributed by atoms with van der Waals surface area (Å²) in [4.78, 5) is 14.5. The zero-order valence-corrected chi connectivity index (χ0v) is 15.1. The second-order valence-corrected chi connectivity index (χ2v) is 7.27. The van der Waals surface area contributed by atoms with E-state index in [0.717, 1.165) is 18.7 Å². The van der Waals surface area contributed by atoms with Crippen LogP contribution in [0.15, 0.2) is 18.2 Å². The fourth-order valence-corrected chi connectivity index (χ4v) is 3.12. The Bertz CT molecular complexity index is 540. The minimum absolute atomic E-state index is 0.0216. The highest BCUT2D eigenvalue weighted by molar-refractivity contribution is 6.30. The van der Waals surface area contributed by atoms with Crippen molar-refractivity contribution in [2.45, 2.75) is 45.6 Å². The first-order valence-corrected chi connectivity index (χ1v) is 8.67. The van der Waals surface area contributed by atoms with Gasteiger partial charge in [-0.3, -0.25) is 9.69 Å². The number of aryl methyl sites for hydroxylation is 1. The molecule has 1 saturated heterocycles. The first-order chi connectivity index (χ1) is 10.9. The highest BCUT2D eigenvalue weighted by Crippen LogP contribution is 2.22. The van der Waals surface area contributed by atoms with Crippen molar-refractivity contribution in [1.29, 1.82) is 0 Å². The molecular formula is C18H27ClN2O2. The number of nitrogens with one attached hydrogen (secondary N) is 1. The first-order valence-electron chi connectivity index (χ1n) is 8.29. The lowest BCUT2D eigenvalue weighted by molar-refractivity contribution is -0.123. The first kappa shape index (κ1) is 18.1. The number of carbonyl (C=O) groups is 1. The molecule has 128 valence electrons. The van der Waals surface area contributed by atoms with Gasteiger partial charge in [-0.2, -0.15) is 0 Å². The summed E-state index contributed by atoms with van der Waals surface area (Å²) in [5.41, 5.74) is 0.908. The predicted octanol–water partition coefficient (Wildman–Crippen LogP) is 3.41. The van der Waals surface area contributed by atoms with Crippen molar-refractivity contribution < 1.29 is 9.53 Å². The van der Waals surface area contributed by atoms with Crippen LogP contribution in [0.2, 0.25) is 5.02 Å². The lowest BCUT2D eigenvalue weighted by atomic mass is 9.98. The molecule has 1 fully saturated rings. The molecule has 1 N–H and O–H groups in total. The van der Waals surface area contributed by atoms with Crippen LogP contribution in [0.25, 0.3) is 0 Å². The Balaban J connectivity index is 1.78. The van der Waals surface area contributed by atoms with Crippen LogP contribution in [0, 0.1) is 6.92 Å². The Kier molecular flexibility index (Phi) is 6.31. The van der Waals surface area contributed by atoms with Crippen LogP contribution in [0.3, 0.4) is 0 Å². The molecule has 23 heavy (non-hydrogen) atoms. The highest BCUT2D eigenvalue weighted by atomic mass is 35.5. The van der Waals surface area contributed by atoms with Crippen molar-refractivity contribution in [1.82, 2.24) is 10.2 Å². The number of halogens is 1. The average molecular weight is 339 g/mol. The van der Waals surface area contributed by atoms with Crippen LogP contribution >= 0.6 is 11.6 Å². The summed E-state index contributed by atoms with van der Waals surface area (Å²) in [5.74, 6) is 0.601. The third-order valence-electron chi connectivity index (χ3n) is 4.43. The summed E-state index contributed by atoms with van der Waals surface area (Å²) in [6.07, 6.45) is 3.81. The average Bonchev–Trinajstić information content (AvgIpc) is 2.53. The molecule has 0 radical (unpaired) electrons. The SMILES string of the molecule is Cc1cc(Cl)ccc1OCC(=O)NCC(C)(C)N1CCCCC1. The van der Waals surface area contributed by atoms with Gasteiger partial charge in [-0.05, 0) is 70.5 Å². The highest BCUT2D eigenvalue weighted by Gasteiger charge is 2.28. The monoisotopic (exact) mass is 338 g/mol. The number of rotatable bonds is 6. The number of amides is 1. The predicted molar refractivity (Wildman–Crippen MR) is 94.2 cm³/mol. The van der Waals surface area contributed by atoms with E-state index in [9.17, 15) is 4.79 Å². The van der Waals surface area contributed by atoms with Crippen molar-refractivity contribution in [3.8, 4) is 5.75 Å². The van der Waals surface area contributed by atoms with E-state index in [2.05, 4.69) is 24.1 Å². The molecule has 4 nitrogen and oxygen atoms in total. The Morgan fingerprint density at radius 1 is 1.30 bits per heavy atom. The second kappa shape index (κ2) is 8.02. The minimum Gasteiger partial charge on any atom is -0.484 e. The van der Waals surface area contributed by atoms with Gasteiger partial charge in [0.25, 0.3) is 5.91 Å². The van der Waals surface area contributed by atoms with Crippen molar-refractivity contribution in [2.75, 3.05) is 26.2 Å². The van der Waals surface area contributed by atoms with Gasteiger partial charge in [-0.1, -0.05) is 18.0 Å². The quantitative estimate of drug-likeness (QED) is 0.864. The maximum atomic E-state index is 12.0. The lowest BCUT2D eigenvalue weighted by Gasteiger charge is -2.41. The van der Waals surface area contributed by atoms with Crippen molar-refractivity contribution in [3.63, 3.8) is 0 Å². The van der Waals surface area contributed by atoms with Crippen LogP contribution < -0.4 is 10.1 Å². The molecule has 5 heteroatoms. The van der Waals surface area contributed by atoms with E-state index in [4.69, 9.17) is 16.3 Å². The molecule has 0 unspecified atom stereocenters. The molecule has 0 saturated carbocycles. The molecule has 1 aliphatic heterocycles. The molecule has 1 aromatic carbocycles. The van der Waals surface area contributed by atoms with Gasteiger partial charge in [0.05, 0.1) is 0 Å². The molecule has 1 amide bonds. The van der Waals surface area contributed by atoms with E-state index in [1.165, 1.54) is 19.3 Å². The summed E-state index contributed by atoms with van der Waals surface area (Å²) in [7, 11) is 0. The normalized spacial score (nSPS) is 16.2. The van der Waals surface area contributed by atoms with Crippen molar-refractivity contribution in [3.05, 3.63) is 28.8 Å². The van der Waals surface area contributed by atoms with Crippen LogP contribution in [-0.2, 0) is 4.79 Å². The summed E-state index contributed by atoms with van der Waals surface area (Å²) in [5, 5.41) is 3.66. The minimum atomic E-state index is -0.0931. The topological polar surface area (TPSA) is 41.6 Å². The third-order valence-corrected chi connectivity index (χ3v) is 4.66. The van der Waals surface area contributed by atoms with Crippen molar-refractivity contribution >= 4 is 17.5 Å². The molecule has 0 aromatic heterocycles. The molecule has 2 rings (SSSR count). The number of likely N-dealkylation sites (tertiary alicyclic amines) is 1. The second-order valence-electron chi connectivity index (χ2n) is 6.84. The number of hydrogen-bond acceptors (Lipinski definition) is 3. The smallest absolute Gasteiger partial charge is 0.258 e. The molecule has 0 atom stereocenters. The third kappa shape index (κ3) is 5.40. The van der Waals surface area contributed by atoms with Crippen LogP contribution in [0.1, 0.15) is 38.7 Å². The molecule has 1 aromatic rings. The van der Waals surface area contributed by atoms with Gasteiger partial charge in [-0.15, -0.1) is 0 Å². The standard InChI is InChI=1S/C18H27ClN2O2/c1-14-11-15(19)7-8-16(14)23-12-17(22)20-13-18(2,3)21-9-5-4-6-10-21/h7-8,11H,4-6,9-10,12-13H2,1-3H3,(H,20,22). The van der Waals surface area contributed by atoms with Gasteiger partial charge in [0.2, 0.25) is 0 Å². The number of benzene rings is 1. The summed E-state index contributed by atoms with van der Waals surface area (Å²) >= 11 is 5.91. The number of carbonyl (C=O) groups excluding carboxylic acids is 1. The number of hydrogen-bond donors (Lipinski definition) is 1. The Labute approximate surface area is 144 Å². The van der Waals surface area contributed by atoms with Gasteiger partial charge in [0.1, 0.15) is 5.75 Å². The van der Waals surface area contributed by atoms with Crippen molar-refractivity contribution in [2.24, 2.45) is 0 Å². The molecule has 1 heterocycles. The van der Waals surface area contributed by atoms with E-state index in [1.807, 2.05) is 13.0 Å². The van der Waals surface area contributed by atoms with Crippen LogP contribution in [0.5, 0.6) is 5.75 Å². The Hall–Kier alpha value is -1.26. The van der Waals surface area contributed by atoms with Gasteiger partial charge in [0, 0.05) is 17.1 Å². The molecule has 0 bridgehead atoms. The van der Waals surface area contributed by atoms with Gasteiger partial charge < -0.3 is 10.1 Å². The molecule has 0 spiro atoms. The fourth-order valence-electron chi connectivity index (χ4n) is 2.90. The Morgan fingerprint density at radius 2 is 2.00 bits per heavy atom. The maximum absolute atomic E-state index is 12.0. The molecular weight excluding hydrogens is 312 g/mol. The van der Waals surface area contributed by atoms with Gasteiger partial charge >= 0.3 is 0 Å². The van der Waals surface area contributed by atoms with Gasteiger partial charge in [0.15, 0.2) is 6.61 Å². The fraction of sp³-hybridized carbons (Fsp3) is 0.611. The van der Waals surface area contributed by atoms with E-state index < -0.39 is 0 Å². The number of piperidine rings is 1. The summed E-state index contributed by atoms with van der Waals surface area (Å²) < 4.78 is 5.58. The van der Waals surface area contributed by atoms with Crippen LogP contribution in [0.4, 0.5) is 0 Å². The zero-order valence-electron chi connectivity index (χ0n) is 14.3. The molecule has 1 aliphatic rings. The largest absolute Gasteiger partial charge is 0.484 e. The lowest BCUT2D eigenvalue weighted by Crippen LogP contribution is -2.53. The Morgan fingerprint density at radius 3 is 2.65 bits per heavy atom. The summed E-state index contributed by atoms with van der Waals surface area (Å²) in [6.45, 7) is 9.17.